The molecule has 2 rings (SSSR count). The normalized spacial score (nSPS) is 10.7. The van der Waals surface area contributed by atoms with Crippen molar-refractivity contribution in [2.45, 2.75) is 20.3 Å². The second kappa shape index (κ2) is 3.29. The summed E-state index contributed by atoms with van der Waals surface area (Å²) in [5, 5.41) is 8.75. The van der Waals surface area contributed by atoms with Gasteiger partial charge in [0.2, 0.25) is 0 Å². The number of aryl methyl sites for hydroxylation is 1. The number of rotatable bonds is 2. The maximum atomic E-state index is 7.62. The maximum Gasteiger partial charge on any atom is 0.151 e. The number of para-hydroxylation sites is 1. The third kappa shape index (κ3) is 1.23. The summed E-state index contributed by atoms with van der Waals surface area (Å²) in [5.74, 6) is 0.730. The van der Waals surface area contributed by atoms with Gasteiger partial charge in [0.05, 0.1) is 5.71 Å². The Hall–Kier alpha value is -1.57. The summed E-state index contributed by atoms with van der Waals surface area (Å²) in [7, 11) is 0. The standard InChI is InChI=1S/C12H13NO/c1-3-9-10-6-4-5-7-11(10)14-12(9)8(2)13/h4-7,13H,3H2,1-2H3. The van der Waals surface area contributed by atoms with Crippen LogP contribution in [0, 0.1) is 5.41 Å². The van der Waals surface area contributed by atoms with Gasteiger partial charge < -0.3 is 9.83 Å². The highest BCUT2D eigenvalue weighted by molar-refractivity contribution is 6.00. The van der Waals surface area contributed by atoms with Crippen molar-refractivity contribution in [1.82, 2.24) is 0 Å². The van der Waals surface area contributed by atoms with E-state index in [0.717, 1.165) is 28.7 Å². The summed E-state index contributed by atoms with van der Waals surface area (Å²) in [6.45, 7) is 3.85. The van der Waals surface area contributed by atoms with Gasteiger partial charge in [-0.2, -0.15) is 0 Å². The zero-order valence-corrected chi connectivity index (χ0v) is 8.42. The van der Waals surface area contributed by atoms with Gasteiger partial charge in [-0.3, -0.25) is 0 Å². The summed E-state index contributed by atoms with van der Waals surface area (Å²) in [6.07, 6.45) is 0.905. The van der Waals surface area contributed by atoms with Gasteiger partial charge in [-0.1, -0.05) is 25.1 Å². The van der Waals surface area contributed by atoms with E-state index in [1.54, 1.807) is 6.92 Å². The molecule has 1 aromatic heterocycles. The number of benzene rings is 1. The van der Waals surface area contributed by atoms with Gasteiger partial charge in [0.1, 0.15) is 5.58 Å². The topological polar surface area (TPSA) is 37.0 Å². The van der Waals surface area contributed by atoms with Gasteiger partial charge in [-0.25, -0.2) is 0 Å². The van der Waals surface area contributed by atoms with Crippen molar-refractivity contribution in [3.8, 4) is 0 Å². The Balaban J connectivity index is 2.78. The van der Waals surface area contributed by atoms with Crippen molar-refractivity contribution in [2.75, 3.05) is 0 Å². The van der Waals surface area contributed by atoms with Crippen molar-refractivity contribution in [3.05, 3.63) is 35.6 Å². The second-order valence-corrected chi connectivity index (χ2v) is 3.38. The minimum Gasteiger partial charge on any atom is -0.455 e. The first-order chi connectivity index (χ1) is 6.74. The van der Waals surface area contributed by atoms with Crippen molar-refractivity contribution in [3.63, 3.8) is 0 Å². The van der Waals surface area contributed by atoms with E-state index >= 15 is 0 Å². The molecular formula is C12H13NO. The predicted molar refractivity (Wildman–Crippen MR) is 58.1 cm³/mol. The first-order valence-corrected chi connectivity index (χ1v) is 4.80. The van der Waals surface area contributed by atoms with Crippen LogP contribution in [0.2, 0.25) is 0 Å². The molecule has 2 aromatic rings. The summed E-state index contributed by atoms with van der Waals surface area (Å²) in [4.78, 5) is 0. The highest BCUT2D eigenvalue weighted by atomic mass is 16.3. The third-order valence-corrected chi connectivity index (χ3v) is 2.39. The SMILES string of the molecule is CCc1c(C(C)=N)oc2ccccc12. The number of furan rings is 1. The fourth-order valence-corrected chi connectivity index (χ4v) is 1.75. The van der Waals surface area contributed by atoms with Crippen LogP contribution in [-0.4, -0.2) is 5.71 Å². The summed E-state index contributed by atoms with van der Waals surface area (Å²) >= 11 is 0. The average molecular weight is 187 g/mol. The molecule has 0 saturated heterocycles. The molecule has 72 valence electrons. The average Bonchev–Trinajstić information content (AvgIpc) is 2.56. The van der Waals surface area contributed by atoms with E-state index < -0.39 is 0 Å². The Labute approximate surface area is 83.1 Å². The van der Waals surface area contributed by atoms with Gasteiger partial charge >= 0.3 is 0 Å². The smallest absolute Gasteiger partial charge is 0.151 e. The molecule has 0 spiro atoms. The van der Waals surface area contributed by atoms with Crippen molar-refractivity contribution < 1.29 is 4.42 Å². The van der Waals surface area contributed by atoms with E-state index in [1.165, 1.54) is 0 Å². The lowest BCUT2D eigenvalue weighted by atomic mass is 10.1. The molecule has 0 aliphatic rings. The first kappa shape index (κ1) is 9.00. The third-order valence-electron chi connectivity index (χ3n) is 2.39. The van der Waals surface area contributed by atoms with Crippen LogP contribution >= 0.6 is 0 Å². The monoisotopic (exact) mass is 187 g/mol. The summed E-state index contributed by atoms with van der Waals surface area (Å²) in [5.41, 5.74) is 2.53. The Morgan fingerprint density at radius 3 is 2.71 bits per heavy atom. The van der Waals surface area contributed by atoms with Crippen LogP contribution in [0.15, 0.2) is 28.7 Å². The molecule has 2 nitrogen and oxygen atoms in total. The number of hydrogen-bond donors (Lipinski definition) is 1. The van der Waals surface area contributed by atoms with Crippen LogP contribution in [0.4, 0.5) is 0 Å². The van der Waals surface area contributed by atoms with Crippen molar-refractivity contribution in [1.29, 1.82) is 5.41 Å². The first-order valence-electron chi connectivity index (χ1n) is 4.80. The minimum absolute atomic E-state index is 0.498. The highest BCUT2D eigenvalue weighted by Gasteiger charge is 2.12. The lowest BCUT2D eigenvalue weighted by Crippen LogP contribution is -1.93. The number of nitrogens with one attached hydrogen (secondary N) is 1. The fourth-order valence-electron chi connectivity index (χ4n) is 1.75. The highest BCUT2D eigenvalue weighted by Crippen LogP contribution is 2.26. The molecule has 0 aliphatic heterocycles. The number of fused-ring (bicyclic) bond motifs is 1. The van der Waals surface area contributed by atoms with Gasteiger partial charge in [-0.15, -0.1) is 0 Å². The lowest BCUT2D eigenvalue weighted by molar-refractivity contribution is 0.598. The quantitative estimate of drug-likeness (QED) is 0.719. The molecule has 2 heteroatoms. The molecule has 1 aromatic carbocycles. The number of hydrogen-bond acceptors (Lipinski definition) is 2. The maximum absolute atomic E-state index is 7.62. The largest absolute Gasteiger partial charge is 0.455 e. The van der Waals surface area contributed by atoms with E-state index in [4.69, 9.17) is 9.83 Å². The van der Waals surface area contributed by atoms with E-state index in [-0.39, 0.29) is 0 Å². The molecule has 0 saturated carbocycles. The molecule has 0 radical (unpaired) electrons. The zero-order chi connectivity index (χ0) is 10.1. The Kier molecular flexibility index (Phi) is 2.12. The van der Waals surface area contributed by atoms with Crippen LogP contribution in [0.5, 0.6) is 0 Å². The lowest BCUT2D eigenvalue weighted by Gasteiger charge is -1.95. The Morgan fingerprint density at radius 2 is 2.07 bits per heavy atom. The molecule has 0 amide bonds. The van der Waals surface area contributed by atoms with Gasteiger partial charge in [0.15, 0.2) is 5.76 Å². The van der Waals surface area contributed by atoms with E-state index in [0.29, 0.717) is 5.71 Å². The van der Waals surface area contributed by atoms with Crippen molar-refractivity contribution in [2.24, 2.45) is 0 Å². The van der Waals surface area contributed by atoms with Gasteiger partial charge in [0, 0.05) is 10.9 Å². The molecule has 0 fully saturated rings. The minimum atomic E-state index is 0.498. The molecular weight excluding hydrogens is 174 g/mol. The summed E-state index contributed by atoms with van der Waals surface area (Å²) in [6, 6.07) is 7.94. The van der Waals surface area contributed by atoms with Gasteiger partial charge in [-0.05, 0) is 19.4 Å². The molecule has 1 N–H and O–H groups in total. The Morgan fingerprint density at radius 1 is 1.36 bits per heavy atom. The van der Waals surface area contributed by atoms with E-state index in [1.807, 2.05) is 24.3 Å². The molecule has 0 atom stereocenters. The van der Waals surface area contributed by atoms with Crippen LogP contribution in [0.3, 0.4) is 0 Å². The van der Waals surface area contributed by atoms with E-state index in [2.05, 4.69) is 6.92 Å². The zero-order valence-electron chi connectivity index (χ0n) is 8.42. The summed E-state index contributed by atoms with van der Waals surface area (Å²) < 4.78 is 5.63. The van der Waals surface area contributed by atoms with E-state index in [9.17, 15) is 0 Å². The second-order valence-electron chi connectivity index (χ2n) is 3.38. The molecule has 0 bridgehead atoms. The molecule has 0 aliphatic carbocycles. The molecule has 1 heterocycles. The molecule has 0 unspecified atom stereocenters. The van der Waals surface area contributed by atoms with Crippen LogP contribution in [0.25, 0.3) is 11.0 Å². The Bertz CT molecular complexity index is 482. The predicted octanol–water partition coefficient (Wildman–Crippen LogP) is 3.38. The van der Waals surface area contributed by atoms with Crippen molar-refractivity contribution >= 4 is 16.7 Å². The van der Waals surface area contributed by atoms with Crippen LogP contribution in [0.1, 0.15) is 25.2 Å². The molecule has 14 heavy (non-hydrogen) atoms. The van der Waals surface area contributed by atoms with Gasteiger partial charge in [0.25, 0.3) is 0 Å². The van der Waals surface area contributed by atoms with Crippen LogP contribution in [-0.2, 0) is 6.42 Å². The van der Waals surface area contributed by atoms with Crippen LogP contribution < -0.4 is 0 Å². The fraction of sp³-hybridized carbons (Fsp3) is 0.250.